The molecule has 5 rings (SSSR count). The Hall–Kier alpha value is -3.04. The van der Waals surface area contributed by atoms with E-state index in [4.69, 9.17) is 0 Å². The zero-order valence-corrected chi connectivity index (χ0v) is 22.7. The number of hydrogen-bond acceptors (Lipinski definition) is 6. The lowest BCUT2D eigenvalue weighted by molar-refractivity contribution is -0.117. The van der Waals surface area contributed by atoms with Crippen LogP contribution in [-0.2, 0) is 9.59 Å². The molecule has 2 aliphatic heterocycles. The summed E-state index contributed by atoms with van der Waals surface area (Å²) in [5, 5.41) is 10.5. The predicted octanol–water partition coefficient (Wildman–Crippen LogP) is 3.15. The van der Waals surface area contributed by atoms with Gasteiger partial charge in [0, 0.05) is 89.7 Å². The number of fused-ring (bicyclic) bond motifs is 2. The van der Waals surface area contributed by atoms with E-state index < -0.39 is 0 Å². The van der Waals surface area contributed by atoms with Gasteiger partial charge < -0.3 is 30.2 Å². The van der Waals surface area contributed by atoms with Gasteiger partial charge in [-0.3, -0.25) is 9.59 Å². The van der Waals surface area contributed by atoms with Crippen molar-refractivity contribution in [1.82, 2.24) is 19.6 Å². The van der Waals surface area contributed by atoms with Crippen LogP contribution in [0.4, 0.5) is 11.4 Å². The number of piperazine rings is 2. The van der Waals surface area contributed by atoms with Crippen LogP contribution in [0.5, 0.6) is 0 Å². The molecule has 0 atom stereocenters. The topological polar surface area (TPSA) is 71.2 Å². The van der Waals surface area contributed by atoms with E-state index in [1.54, 1.807) is 0 Å². The fraction of sp³-hybridized carbons (Fsp3) is 0.467. The number of anilines is 2. The maximum Gasteiger partial charge on any atom is 0.225 e. The van der Waals surface area contributed by atoms with Gasteiger partial charge in [-0.05, 0) is 72.0 Å². The van der Waals surface area contributed by atoms with Gasteiger partial charge in [0.25, 0.3) is 0 Å². The summed E-state index contributed by atoms with van der Waals surface area (Å²) in [6, 6.07) is 16.4. The second-order valence-corrected chi connectivity index (χ2v) is 10.9. The molecule has 2 N–H and O–H groups in total. The second kappa shape index (κ2) is 12.2. The Labute approximate surface area is 225 Å². The van der Waals surface area contributed by atoms with Crippen molar-refractivity contribution in [2.45, 2.75) is 12.8 Å². The minimum atomic E-state index is 0.0528. The largest absolute Gasteiger partial charge is 0.326 e. The van der Waals surface area contributed by atoms with Crippen molar-refractivity contribution in [2.75, 3.05) is 90.2 Å². The van der Waals surface area contributed by atoms with Gasteiger partial charge in [0.05, 0.1) is 0 Å². The summed E-state index contributed by atoms with van der Waals surface area (Å²) in [5.74, 6) is 0.106. The van der Waals surface area contributed by atoms with E-state index in [9.17, 15) is 9.59 Å². The van der Waals surface area contributed by atoms with Crippen molar-refractivity contribution in [3.05, 3.63) is 48.5 Å². The lowest BCUT2D eigenvalue weighted by Crippen LogP contribution is -2.45. The van der Waals surface area contributed by atoms with E-state index >= 15 is 0 Å². The van der Waals surface area contributed by atoms with E-state index in [0.717, 1.165) is 98.4 Å². The van der Waals surface area contributed by atoms with Crippen molar-refractivity contribution < 1.29 is 9.59 Å². The molecule has 3 aromatic rings. The van der Waals surface area contributed by atoms with Crippen LogP contribution in [0.3, 0.4) is 0 Å². The molecule has 2 heterocycles. The normalized spacial score (nSPS) is 18.2. The third-order valence-electron chi connectivity index (χ3n) is 7.87. The van der Waals surface area contributed by atoms with Crippen molar-refractivity contribution in [2.24, 2.45) is 0 Å². The number of nitrogens with one attached hydrogen (secondary N) is 2. The summed E-state index contributed by atoms with van der Waals surface area (Å²) < 4.78 is 0. The van der Waals surface area contributed by atoms with Crippen LogP contribution in [0.2, 0.25) is 0 Å². The minimum Gasteiger partial charge on any atom is -0.326 e. The molecule has 38 heavy (non-hydrogen) atoms. The van der Waals surface area contributed by atoms with Gasteiger partial charge in [0.2, 0.25) is 11.8 Å². The van der Waals surface area contributed by atoms with E-state index in [1.165, 1.54) is 0 Å². The third kappa shape index (κ3) is 7.08. The molecular formula is C30H40N6O2. The van der Waals surface area contributed by atoms with Crippen LogP contribution in [0, 0.1) is 0 Å². The molecule has 0 unspecified atom stereocenters. The number of benzene rings is 3. The first kappa shape index (κ1) is 26.6. The molecule has 0 aliphatic carbocycles. The highest BCUT2D eigenvalue weighted by Crippen LogP contribution is 2.27. The van der Waals surface area contributed by atoms with Crippen LogP contribution < -0.4 is 10.6 Å². The quantitative estimate of drug-likeness (QED) is 0.449. The summed E-state index contributed by atoms with van der Waals surface area (Å²) in [6.45, 7) is 9.93. The van der Waals surface area contributed by atoms with Gasteiger partial charge >= 0.3 is 0 Å². The average Bonchev–Trinajstić information content (AvgIpc) is 2.91. The zero-order valence-electron chi connectivity index (χ0n) is 22.7. The Morgan fingerprint density at radius 3 is 1.37 bits per heavy atom. The van der Waals surface area contributed by atoms with Crippen LogP contribution in [0.25, 0.3) is 21.5 Å². The van der Waals surface area contributed by atoms with E-state index in [0.29, 0.717) is 12.8 Å². The highest BCUT2D eigenvalue weighted by atomic mass is 16.2. The number of amides is 2. The Morgan fingerprint density at radius 2 is 0.974 bits per heavy atom. The minimum absolute atomic E-state index is 0.0528. The Bertz CT molecular complexity index is 1180. The summed E-state index contributed by atoms with van der Waals surface area (Å²) in [7, 11) is 4.28. The third-order valence-corrected chi connectivity index (χ3v) is 7.87. The SMILES string of the molecule is CN1CCN(CCC(=O)Nc2ccc3cc4cc(NC(=O)CCN5CCN(C)CC5)ccc4cc3c2)CC1. The highest BCUT2D eigenvalue weighted by molar-refractivity contribution is 6.02. The Kier molecular flexibility index (Phi) is 8.54. The number of rotatable bonds is 8. The van der Waals surface area contributed by atoms with E-state index in [2.05, 4.69) is 56.5 Å². The molecule has 2 aliphatic rings. The maximum atomic E-state index is 12.6. The first-order chi connectivity index (χ1) is 18.4. The summed E-state index contributed by atoms with van der Waals surface area (Å²) >= 11 is 0. The molecule has 8 heteroatoms. The van der Waals surface area contributed by atoms with Gasteiger partial charge in [-0.1, -0.05) is 12.1 Å². The van der Waals surface area contributed by atoms with E-state index in [-0.39, 0.29) is 11.8 Å². The monoisotopic (exact) mass is 516 g/mol. The molecule has 0 spiro atoms. The summed E-state index contributed by atoms with van der Waals surface area (Å²) in [6.07, 6.45) is 1.01. The predicted molar refractivity (Wildman–Crippen MR) is 156 cm³/mol. The number of nitrogens with zero attached hydrogens (tertiary/aromatic N) is 4. The Morgan fingerprint density at radius 1 is 0.579 bits per heavy atom. The van der Waals surface area contributed by atoms with Crippen molar-refractivity contribution >= 4 is 44.7 Å². The fourth-order valence-electron chi connectivity index (χ4n) is 5.26. The van der Waals surface area contributed by atoms with Crippen LogP contribution in [0.1, 0.15) is 12.8 Å². The van der Waals surface area contributed by atoms with Crippen LogP contribution in [0.15, 0.2) is 48.5 Å². The second-order valence-electron chi connectivity index (χ2n) is 10.9. The standard InChI is InChI=1S/C30H40N6O2/c1-33-11-15-35(16-12-33)9-7-29(37)31-27-5-3-23-20-26-22-28(6-4-24(26)19-25(23)21-27)32-30(38)8-10-36-17-13-34(2)14-18-36/h3-6,19-22H,7-18H2,1-2H3,(H,31,37)(H,32,38). The molecule has 0 radical (unpaired) electrons. The molecule has 0 saturated carbocycles. The van der Waals surface area contributed by atoms with Gasteiger partial charge in [-0.2, -0.15) is 0 Å². The average molecular weight is 517 g/mol. The van der Waals surface area contributed by atoms with Gasteiger partial charge in [-0.25, -0.2) is 0 Å². The smallest absolute Gasteiger partial charge is 0.225 e. The summed E-state index contributed by atoms with van der Waals surface area (Å²) in [5.41, 5.74) is 1.65. The van der Waals surface area contributed by atoms with E-state index in [1.807, 2.05) is 36.4 Å². The van der Waals surface area contributed by atoms with Gasteiger partial charge in [-0.15, -0.1) is 0 Å². The first-order valence-electron chi connectivity index (χ1n) is 13.8. The maximum absolute atomic E-state index is 12.6. The molecule has 3 aromatic carbocycles. The van der Waals surface area contributed by atoms with Crippen LogP contribution >= 0.6 is 0 Å². The molecule has 202 valence electrons. The molecule has 2 amide bonds. The molecular weight excluding hydrogens is 476 g/mol. The van der Waals surface area contributed by atoms with Crippen molar-refractivity contribution in [3.63, 3.8) is 0 Å². The first-order valence-corrected chi connectivity index (χ1v) is 13.8. The zero-order chi connectivity index (χ0) is 26.5. The lowest BCUT2D eigenvalue weighted by Gasteiger charge is -2.32. The van der Waals surface area contributed by atoms with Gasteiger partial charge in [0.15, 0.2) is 0 Å². The van der Waals surface area contributed by atoms with Crippen molar-refractivity contribution in [1.29, 1.82) is 0 Å². The van der Waals surface area contributed by atoms with Gasteiger partial charge in [0.1, 0.15) is 0 Å². The molecule has 2 fully saturated rings. The number of carbonyl (C=O) groups excluding carboxylic acids is 2. The molecule has 0 aromatic heterocycles. The highest BCUT2D eigenvalue weighted by Gasteiger charge is 2.16. The molecule has 2 saturated heterocycles. The molecule has 0 bridgehead atoms. The number of hydrogen-bond donors (Lipinski definition) is 2. The Balaban J connectivity index is 1.16. The van der Waals surface area contributed by atoms with Crippen LogP contribution in [-0.4, -0.2) is 111 Å². The number of likely N-dealkylation sites (N-methyl/N-ethyl adjacent to an activating group) is 2. The fourth-order valence-corrected chi connectivity index (χ4v) is 5.26. The lowest BCUT2D eigenvalue weighted by atomic mass is 10.0. The molecule has 8 nitrogen and oxygen atoms in total. The van der Waals surface area contributed by atoms with Crippen molar-refractivity contribution in [3.8, 4) is 0 Å². The number of carbonyl (C=O) groups is 2. The summed E-state index contributed by atoms with van der Waals surface area (Å²) in [4.78, 5) is 34.5.